The predicted molar refractivity (Wildman–Crippen MR) is 416 cm³/mol. The maximum atomic E-state index is 12.4. The number of rotatable bonds is 31. The van der Waals surface area contributed by atoms with Crippen molar-refractivity contribution in [3.8, 4) is 0 Å². The normalized spacial score (nSPS) is 15.1. The first-order valence-electron chi connectivity index (χ1n) is 30.1. The van der Waals surface area contributed by atoms with Gasteiger partial charge in [-0.3, -0.25) is 72.4 Å². The molecule has 30 nitrogen and oxygen atoms in total. The number of carbonyl (C=O) groups excluding carboxylic acids is 13. The number of ketones is 1. The predicted octanol–water partition coefficient (Wildman–Crippen LogP) is 9.38. The number of ether oxygens (including phenoxy) is 4. The minimum Gasteiger partial charge on any atom is -0.481 e. The molecule has 0 radical (unpaired) electrons. The van der Waals surface area contributed by atoms with Crippen molar-refractivity contribution in [1.82, 2.24) is 42.5 Å². The van der Waals surface area contributed by atoms with Gasteiger partial charge in [0.15, 0.2) is 6.29 Å². The minimum absolute atomic E-state index is 0. The summed E-state index contributed by atoms with van der Waals surface area (Å²) in [6.45, 7) is 31.2. The zero-order valence-electron chi connectivity index (χ0n) is 56.3. The highest BCUT2D eigenvalue weighted by atomic mass is 16.6. The van der Waals surface area contributed by atoms with Crippen LogP contribution in [-0.4, -0.2) is 185 Å². The zero-order valence-corrected chi connectivity index (χ0v) is 56.3. The highest BCUT2D eigenvalue weighted by molar-refractivity contribution is 5.95. The Morgan fingerprint density at radius 3 is 1.23 bits per heavy atom. The number of aliphatic carboxylic acids is 1. The molecule has 12 N–H and O–H groups in total. The number of aliphatic hydroxyl groups excluding tert-OH is 3. The summed E-state index contributed by atoms with van der Waals surface area (Å²) in [5.41, 5.74) is -0.886. The van der Waals surface area contributed by atoms with Crippen LogP contribution in [0.5, 0.6) is 0 Å². The Labute approximate surface area is 625 Å². The Morgan fingerprint density at radius 1 is 0.485 bits per heavy atom. The lowest BCUT2D eigenvalue weighted by molar-refractivity contribution is -0.256. The Bertz CT molecular complexity index is 2270. The Balaban J connectivity index is -0.0000000633. The van der Waals surface area contributed by atoms with Gasteiger partial charge in [-0.2, -0.15) is 0 Å². The third-order valence-corrected chi connectivity index (χ3v) is 12.5. The van der Waals surface area contributed by atoms with Gasteiger partial charge in [-0.05, 0) is 101 Å². The van der Waals surface area contributed by atoms with Gasteiger partial charge < -0.3 is 76.6 Å². The van der Waals surface area contributed by atoms with Crippen LogP contribution in [0.1, 0.15) is 279 Å². The number of carbonyl (C=O) groups is 14. The number of nitrogens with one attached hydrogen (secondary N) is 8. The molecule has 1 heterocycles. The molecule has 1 aliphatic rings. The average Bonchev–Trinajstić information content (AvgIpc) is 0.816. The van der Waals surface area contributed by atoms with Crippen LogP contribution in [0.3, 0.4) is 0 Å². The molecule has 1 saturated heterocycles. The van der Waals surface area contributed by atoms with E-state index in [0.29, 0.717) is 51.5 Å². The summed E-state index contributed by atoms with van der Waals surface area (Å²) in [6.07, 6.45) is -2.85. The van der Waals surface area contributed by atoms with Gasteiger partial charge in [0.25, 0.3) is 5.97 Å². The van der Waals surface area contributed by atoms with Crippen molar-refractivity contribution in [3.63, 3.8) is 0 Å². The molecule has 0 aromatic heterocycles. The van der Waals surface area contributed by atoms with Crippen LogP contribution in [0.15, 0.2) is 0 Å². The molecule has 30 heteroatoms. The summed E-state index contributed by atoms with van der Waals surface area (Å²) in [6, 6.07) is -1.09. The lowest BCUT2D eigenvalue weighted by atomic mass is 9.81. The van der Waals surface area contributed by atoms with Crippen molar-refractivity contribution in [1.29, 1.82) is 0 Å². The first-order valence-corrected chi connectivity index (χ1v) is 30.1. The molecule has 9 amide bonds. The molecule has 0 spiro atoms. The molecular formula is C73H160N8O22. The number of aliphatic hydroxyl groups is 3. The number of Topliss-reactive ketones (excluding diaryl/α,β-unsaturated/α-hetero) is 1. The summed E-state index contributed by atoms with van der Waals surface area (Å²) in [5, 5.41) is 57.9. The Hall–Kier alpha value is -7.18. The van der Waals surface area contributed by atoms with Gasteiger partial charge in [0, 0.05) is 89.4 Å². The summed E-state index contributed by atoms with van der Waals surface area (Å²) in [7, 11) is 0. The molecule has 624 valence electrons. The van der Waals surface area contributed by atoms with E-state index in [2.05, 4.69) is 42.5 Å². The number of carboxylic acid groups (broad SMARTS) is 1. The standard InChI is InChI=1S/C20H35N3O7.C19H34N2O8.C13H24N2O3.C6H11NO2.C2H4O2.13CH4/c1-7-15(18(27)23-13(2)3)11-20(5,6)19(28)30-9-8-29-17(26)10-16(25)22-12-21-14(4)24;1-6-12(17(25)20-9(2)3)7-10(4)18(26)28-8-13-15(23)16(24)14(19(27)29-13)21-11(5)22;1-6-11(13(18)14-8(2)3)7-9(4)12(17)15-10(5)16;1-5(8)3-4-7-6(2)9;1-2(3)4;;;;;;;;;;;;;/h13,15H,7-12H2,1-6H3,(H,21,24)(H,22,25)(H,23,27);9-10,12-16,19,23-24,27H,6-8H2,1-5H3,(H,20,25)(H,21,22);8-9,11H,6-7H2,1-5H3,(H,14,18)(H,15,16,17);3-4H2,1-2H3,(H,7,9);1H3,(H,3,4);13*1H4. The summed E-state index contributed by atoms with van der Waals surface area (Å²) < 4.78 is 20.4. The number of hydrogen-bond acceptors (Lipinski definition) is 21. The average molecular weight is 1500 g/mol. The molecule has 0 bridgehead atoms. The molecule has 1 aliphatic heterocycles. The first kappa shape index (κ1) is 139. The quantitative estimate of drug-likeness (QED) is 0.0101. The molecule has 1 fully saturated rings. The molecular weight excluding hydrogens is 1340 g/mol. The summed E-state index contributed by atoms with van der Waals surface area (Å²) in [4.78, 5) is 158. The van der Waals surface area contributed by atoms with Crippen molar-refractivity contribution < 1.29 is 106 Å². The van der Waals surface area contributed by atoms with E-state index >= 15 is 0 Å². The second kappa shape index (κ2) is 76.0. The third kappa shape index (κ3) is 73.0. The second-order valence-electron chi connectivity index (χ2n) is 23.1. The monoisotopic (exact) mass is 1500 g/mol. The van der Waals surface area contributed by atoms with Gasteiger partial charge in [-0.25, -0.2) is 0 Å². The smallest absolute Gasteiger partial charge is 0.315 e. The number of hydrogen-bond donors (Lipinski definition) is 12. The molecule has 0 aromatic carbocycles. The van der Waals surface area contributed by atoms with Crippen LogP contribution in [0.4, 0.5) is 0 Å². The van der Waals surface area contributed by atoms with Crippen LogP contribution in [0, 0.1) is 35.0 Å². The number of imide groups is 1. The highest BCUT2D eigenvalue weighted by Crippen LogP contribution is 2.29. The molecule has 0 aliphatic carbocycles. The van der Waals surface area contributed by atoms with Crippen LogP contribution >= 0.6 is 0 Å². The zero-order chi connectivity index (χ0) is 70.8. The van der Waals surface area contributed by atoms with E-state index in [1.807, 2.05) is 62.3 Å². The second-order valence-corrected chi connectivity index (χ2v) is 23.1. The maximum Gasteiger partial charge on any atom is 0.315 e. The van der Waals surface area contributed by atoms with Gasteiger partial charge >= 0.3 is 17.9 Å². The van der Waals surface area contributed by atoms with Gasteiger partial charge in [0.05, 0.1) is 18.0 Å². The number of amides is 9. The van der Waals surface area contributed by atoms with Crippen molar-refractivity contribution >= 4 is 82.8 Å². The van der Waals surface area contributed by atoms with E-state index < -0.39 is 84.1 Å². The number of carboxylic acids is 1. The molecule has 0 saturated carbocycles. The topological polar surface area (TPSA) is 453 Å². The van der Waals surface area contributed by atoms with Crippen LogP contribution in [-0.2, 0) is 86.1 Å². The van der Waals surface area contributed by atoms with Gasteiger partial charge in [-0.15, -0.1) is 0 Å². The Kier molecular flexibility index (Phi) is 102. The molecule has 103 heavy (non-hydrogen) atoms. The SMILES string of the molecule is C.C.C.C.C.C.C.C.C.C.C.C.C.CC(=O)CCNC(C)=O.CC(=O)O.CCC(CC(C)(C)C(=O)OCCOC(=O)CC(=O)NCNC(C)=O)C(=O)NC(C)C.CCC(CC(C)C(=O)NC(C)=O)C(=O)NC(C)C.CCC(CC(C)C(=O)OCC1OC(O)C(NC(C)=O)C(O)C1O)C(=O)NC(C)C. The van der Waals surface area contributed by atoms with Crippen molar-refractivity contribution in [2.75, 3.05) is 33.0 Å². The van der Waals surface area contributed by atoms with Gasteiger partial charge in [-0.1, -0.05) is 131 Å². The molecule has 1 rings (SSSR count). The lowest BCUT2D eigenvalue weighted by Gasteiger charge is -2.40. The molecule has 0 aromatic rings. The van der Waals surface area contributed by atoms with Gasteiger partial charge in [0.1, 0.15) is 56.4 Å². The van der Waals surface area contributed by atoms with E-state index in [1.54, 1.807) is 27.7 Å². The Morgan fingerprint density at radius 2 is 0.874 bits per heavy atom. The fourth-order valence-corrected chi connectivity index (χ4v) is 7.79. The van der Waals surface area contributed by atoms with Crippen molar-refractivity contribution in [2.24, 2.45) is 35.0 Å². The minimum atomic E-state index is -1.57. The fourth-order valence-electron chi connectivity index (χ4n) is 7.79. The van der Waals surface area contributed by atoms with Crippen LogP contribution in [0.2, 0.25) is 0 Å². The summed E-state index contributed by atoms with van der Waals surface area (Å²) in [5.74, 6) is -6.80. The molecule has 10 unspecified atom stereocenters. The first-order chi connectivity index (χ1) is 41.5. The van der Waals surface area contributed by atoms with E-state index in [0.717, 1.165) is 6.92 Å². The number of esters is 3. The summed E-state index contributed by atoms with van der Waals surface area (Å²) >= 11 is 0. The van der Waals surface area contributed by atoms with Crippen LogP contribution in [0.25, 0.3) is 0 Å². The van der Waals surface area contributed by atoms with Crippen molar-refractivity contribution in [2.45, 2.75) is 328 Å². The van der Waals surface area contributed by atoms with Crippen molar-refractivity contribution in [3.05, 3.63) is 0 Å². The fraction of sp³-hybridized carbons (Fsp3) is 0.808. The third-order valence-electron chi connectivity index (χ3n) is 12.5. The largest absolute Gasteiger partial charge is 0.481 e. The van der Waals surface area contributed by atoms with Gasteiger partial charge in [0.2, 0.25) is 53.2 Å². The van der Waals surface area contributed by atoms with E-state index in [1.165, 1.54) is 34.6 Å². The molecule has 10 atom stereocenters. The van der Waals surface area contributed by atoms with E-state index in [4.69, 9.17) is 28.8 Å². The maximum absolute atomic E-state index is 12.4. The highest BCUT2D eigenvalue weighted by Gasteiger charge is 2.45. The van der Waals surface area contributed by atoms with E-state index in [9.17, 15) is 77.6 Å². The lowest BCUT2D eigenvalue weighted by Crippen LogP contribution is -2.64. The van der Waals surface area contributed by atoms with Crippen LogP contribution < -0.4 is 42.5 Å². The van der Waals surface area contributed by atoms with E-state index in [-0.39, 0.29) is 212 Å².